The number of ether oxygens (including phenoxy) is 1. The van der Waals surface area contributed by atoms with Gasteiger partial charge in [0.1, 0.15) is 17.4 Å². The zero-order valence-corrected chi connectivity index (χ0v) is 16.6. The Morgan fingerprint density at radius 3 is 2.44 bits per heavy atom. The molecule has 0 unspecified atom stereocenters. The van der Waals surface area contributed by atoms with Crippen molar-refractivity contribution in [3.63, 3.8) is 0 Å². The highest BCUT2D eigenvalue weighted by Gasteiger charge is 2.26. The fourth-order valence-electron chi connectivity index (χ4n) is 4.41. The second-order valence-corrected chi connectivity index (χ2v) is 7.94. The maximum atomic E-state index is 5.26. The lowest BCUT2D eigenvalue weighted by molar-refractivity contribution is 0.195. The molecule has 0 saturated carbocycles. The molecule has 6 heteroatoms. The van der Waals surface area contributed by atoms with Gasteiger partial charge in [-0.25, -0.2) is 0 Å². The molecule has 1 aromatic carbocycles. The Labute approximate surface area is 162 Å². The molecule has 146 valence electrons. The number of hydrogen-bond acceptors (Lipinski definition) is 5. The summed E-state index contributed by atoms with van der Waals surface area (Å²) < 4.78 is 7.51. The zero-order valence-electron chi connectivity index (χ0n) is 16.6. The topological polar surface area (TPSA) is 46.4 Å². The maximum Gasteiger partial charge on any atom is 0.146 e. The predicted molar refractivity (Wildman–Crippen MR) is 106 cm³/mol. The Bertz CT molecular complexity index is 736. The second-order valence-electron chi connectivity index (χ2n) is 7.94. The summed E-state index contributed by atoms with van der Waals surface area (Å²) in [5.41, 5.74) is 1.34. The molecule has 27 heavy (non-hydrogen) atoms. The van der Waals surface area contributed by atoms with Crippen LogP contribution in [0.5, 0.6) is 5.75 Å². The van der Waals surface area contributed by atoms with Crippen LogP contribution in [0.1, 0.15) is 48.8 Å². The van der Waals surface area contributed by atoms with Gasteiger partial charge in [0.25, 0.3) is 0 Å². The van der Waals surface area contributed by atoms with Crippen molar-refractivity contribution < 1.29 is 4.74 Å². The molecule has 2 aliphatic heterocycles. The summed E-state index contributed by atoms with van der Waals surface area (Å²) in [6.07, 6.45) is 5.05. The highest BCUT2D eigenvalue weighted by atomic mass is 16.5. The lowest BCUT2D eigenvalue weighted by Gasteiger charge is -2.32. The third-order valence-electron chi connectivity index (χ3n) is 6.00. The summed E-state index contributed by atoms with van der Waals surface area (Å²) in [6.45, 7) is 6.52. The largest absolute Gasteiger partial charge is 0.497 e. The van der Waals surface area contributed by atoms with Crippen LogP contribution in [-0.2, 0) is 20.1 Å². The molecule has 2 fully saturated rings. The van der Waals surface area contributed by atoms with Gasteiger partial charge in [0, 0.05) is 26.1 Å². The Hall–Kier alpha value is -1.92. The van der Waals surface area contributed by atoms with E-state index in [2.05, 4.69) is 43.7 Å². The molecule has 0 bridgehead atoms. The molecule has 1 aromatic heterocycles. The second kappa shape index (κ2) is 8.40. The van der Waals surface area contributed by atoms with Crippen molar-refractivity contribution >= 4 is 0 Å². The first-order chi connectivity index (χ1) is 13.2. The number of likely N-dealkylation sites (tertiary alicyclic amines) is 2. The van der Waals surface area contributed by atoms with Gasteiger partial charge < -0.3 is 9.30 Å². The van der Waals surface area contributed by atoms with Crippen LogP contribution in [-0.4, -0.2) is 57.9 Å². The highest BCUT2D eigenvalue weighted by Crippen LogP contribution is 2.27. The summed E-state index contributed by atoms with van der Waals surface area (Å²) in [5, 5.41) is 9.11. The number of aromatic nitrogens is 3. The normalized spacial score (nSPS) is 21.6. The quantitative estimate of drug-likeness (QED) is 0.784. The van der Waals surface area contributed by atoms with Gasteiger partial charge in [-0.05, 0) is 63.0 Å². The Balaban J connectivity index is 1.39. The van der Waals surface area contributed by atoms with Crippen LogP contribution in [0.15, 0.2) is 24.3 Å². The van der Waals surface area contributed by atoms with Crippen LogP contribution >= 0.6 is 0 Å². The van der Waals surface area contributed by atoms with Crippen molar-refractivity contribution in [2.75, 3.05) is 33.3 Å². The minimum absolute atomic E-state index is 0.474. The number of benzene rings is 1. The fourth-order valence-corrected chi connectivity index (χ4v) is 4.41. The average Bonchev–Trinajstić information content (AvgIpc) is 3.33. The Kier molecular flexibility index (Phi) is 5.74. The number of nitrogens with zero attached hydrogens (tertiary/aromatic N) is 5. The molecule has 2 aromatic rings. The molecule has 2 aliphatic rings. The summed E-state index contributed by atoms with van der Waals surface area (Å²) in [4.78, 5) is 5.04. The molecule has 4 rings (SSSR count). The van der Waals surface area contributed by atoms with Crippen molar-refractivity contribution in [2.24, 2.45) is 7.05 Å². The SMILES string of the molecule is COc1ccc(CN2CCC[C@H](c3nnc(CN4CCCC4)n3C)C2)cc1. The van der Waals surface area contributed by atoms with Crippen LogP contribution in [0.2, 0.25) is 0 Å². The van der Waals surface area contributed by atoms with E-state index in [1.54, 1.807) is 7.11 Å². The molecule has 0 spiro atoms. The number of rotatable bonds is 6. The van der Waals surface area contributed by atoms with Crippen LogP contribution in [0.4, 0.5) is 0 Å². The third-order valence-corrected chi connectivity index (χ3v) is 6.00. The lowest BCUT2D eigenvalue weighted by Crippen LogP contribution is -2.35. The first kappa shape index (κ1) is 18.4. The van der Waals surface area contributed by atoms with Crippen molar-refractivity contribution in [1.82, 2.24) is 24.6 Å². The molecule has 0 amide bonds. The number of piperidine rings is 1. The average molecular weight is 370 g/mol. The standard InChI is InChI=1S/C21H31N5O/c1-24-20(16-25-11-3-4-12-25)22-23-21(24)18-6-5-13-26(15-18)14-17-7-9-19(27-2)10-8-17/h7-10,18H,3-6,11-16H2,1-2H3/t18-/m0/s1. The van der Waals surface area contributed by atoms with Crippen molar-refractivity contribution in [2.45, 2.75) is 44.7 Å². The van der Waals surface area contributed by atoms with Gasteiger partial charge in [-0.15, -0.1) is 10.2 Å². The number of methoxy groups -OCH3 is 1. The lowest BCUT2D eigenvalue weighted by atomic mass is 9.96. The zero-order chi connectivity index (χ0) is 18.6. The summed E-state index contributed by atoms with van der Waals surface area (Å²) in [6, 6.07) is 8.42. The van der Waals surface area contributed by atoms with E-state index in [4.69, 9.17) is 4.74 Å². The van der Waals surface area contributed by atoms with Gasteiger partial charge in [0.15, 0.2) is 0 Å². The first-order valence-electron chi connectivity index (χ1n) is 10.2. The predicted octanol–water partition coefficient (Wildman–Crippen LogP) is 2.80. The van der Waals surface area contributed by atoms with E-state index < -0.39 is 0 Å². The minimum Gasteiger partial charge on any atom is -0.497 e. The number of hydrogen-bond donors (Lipinski definition) is 0. The van der Waals surface area contributed by atoms with Crippen LogP contribution in [0.3, 0.4) is 0 Å². The third kappa shape index (κ3) is 4.33. The summed E-state index contributed by atoms with van der Waals surface area (Å²) in [7, 11) is 3.85. The molecule has 6 nitrogen and oxygen atoms in total. The fraction of sp³-hybridized carbons (Fsp3) is 0.619. The maximum absolute atomic E-state index is 5.26. The van der Waals surface area contributed by atoms with Crippen LogP contribution in [0, 0.1) is 0 Å². The molecule has 0 radical (unpaired) electrons. The first-order valence-corrected chi connectivity index (χ1v) is 10.2. The van der Waals surface area contributed by atoms with Crippen molar-refractivity contribution in [3.8, 4) is 5.75 Å². The van der Waals surface area contributed by atoms with E-state index in [0.717, 1.165) is 43.6 Å². The molecule has 3 heterocycles. The summed E-state index contributed by atoms with van der Waals surface area (Å²) in [5.74, 6) is 3.66. The van der Waals surface area contributed by atoms with Crippen LogP contribution in [0.25, 0.3) is 0 Å². The minimum atomic E-state index is 0.474. The van der Waals surface area contributed by atoms with Crippen molar-refractivity contribution in [3.05, 3.63) is 41.5 Å². The van der Waals surface area contributed by atoms with Gasteiger partial charge in [-0.2, -0.15) is 0 Å². The molecular formula is C21H31N5O. The molecule has 0 N–H and O–H groups in total. The van der Waals surface area contributed by atoms with Gasteiger partial charge in [-0.1, -0.05) is 12.1 Å². The Morgan fingerprint density at radius 1 is 0.963 bits per heavy atom. The van der Waals surface area contributed by atoms with Gasteiger partial charge in [0.05, 0.1) is 13.7 Å². The van der Waals surface area contributed by atoms with E-state index in [1.165, 1.54) is 44.3 Å². The van der Waals surface area contributed by atoms with Gasteiger partial charge >= 0.3 is 0 Å². The molecule has 1 atom stereocenters. The monoisotopic (exact) mass is 369 g/mol. The molecular weight excluding hydrogens is 338 g/mol. The summed E-state index contributed by atoms with van der Waals surface area (Å²) >= 11 is 0. The highest BCUT2D eigenvalue weighted by molar-refractivity contribution is 5.27. The van der Waals surface area contributed by atoms with Gasteiger partial charge in [-0.3, -0.25) is 9.80 Å². The van der Waals surface area contributed by atoms with E-state index in [-0.39, 0.29) is 0 Å². The van der Waals surface area contributed by atoms with Crippen LogP contribution < -0.4 is 4.74 Å². The van der Waals surface area contributed by atoms with Gasteiger partial charge in [0.2, 0.25) is 0 Å². The van der Waals surface area contributed by atoms with E-state index in [0.29, 0.717) is 5.92 Å². The molecule has 0 aliphatic carbocycles. The van der Waals surface area contributed by atoms with E-state index in [1.807, 2.05) is 12.1 Å². The smallest absolute Gasteiger partial charge is 0.146 e. The van der Waals surface area contributed by atoms with E-state index in [9.17, 15) is 0 Å². The molecule has 2 saturated heterocycles. The Morgan fingerprint density at radius 2 is 1.70 bits per heavy atom. The van der Waals surface area contributed by atoms with E-state index >= 15 is 0 Å². The van der Waals surface area contributed by atoms with Crippen molar-refractivity contribution in [1.29, 1.82) is 0 Å².